The van der Waals surface area contributed by atoms with E-state index in [1.807, 2.05) is 18.2 Å². The van der Waals surface area contributed by atoms with E-state index in [4.69, 9.17) is 0 Å². The third-order valence-electron chi connectivity index (χ3n) is 13.5. The molecule has 2 N–H and O–H groups in total. The van der Waals surface area contributed by atoms with Crippen LogP contribution in [0.5, 0.6) is 0 Å². The van der Waals surface area contributed by atoms with Gasteiger partial charge in [0.05, 0.1) is 9.79 Å². The van der Waals surface area contributed by atoms with E-state index in [0.717, 1.165) is 73.3 Å². The van der Waals surface area contributed by atoms with E-state index < -0.39 is 20.2 Å². The van der Waals surface area contributed by atoms with Crippen LogP contribution in [-0.4, -0.2) is 25.9 Å². The Morgan fingerprint density at radius 3 is 0.970 bits per heavy atom. The van der Waals surface area contributed by atoms with Gasteiger partial charge in [0.1, 0.15) is 0 Å². The normalized spacial score (nSPS) is 11.9. The maximum absolute atomic E-state index is 12.1. The van der Waals surface area contributed by atoms with Crippen LogP contribution in [0.1, 0.15) is 268 Å². The molecule has 0 aromatic heterocycles. The highest BCUT2D eigenvalue weighted by Gasteiger charge is 2.18. The maximum Gasteiger partial charge on any atom is 0.294 e. The highest BCUT2D eigenvalue weighted by molar-refractivity contribution is 7.86. The van der Waals surface area contributed by atoms with Gasteiger partial charge in [-0.25, -0.2) is 0 Å². The zero-order chi connectivity index (χ0) is 48.1. The van der Waals surface area contributed by atoms with Crippen LogP contribution in [0.15, 0.2) is 58.3 Å². The quantitative estimate of drug-likeness (QED) is 0.0434. The van der Waals surface area contributed by atoms with Crippen molar-refractivity contribution in [2.24, 2.45) is 0 Å². The SMILES string of the molecule is CCCCCCCCCCCCc1ccc(S(=O)(=O)O)c(CCCCCCCCCCCC)c1.CCCCCCCCCc1ccc2cc(CCCCCCCCC)c(S(=O)(=O)O)cc2c1. The Morgan fingerprint density at radius 2 is 0.606 bits per heavy atom. The summed E-state index contributed by atoms with van der Waals surface area (Å²) in [5.41, 5.74) is 3.99. The van der Waals surface area contributed by atoms with Gasteiger partial charge in [-0.15, -0.1) is 0 Å². The zero-order valence-corrected chi connectivity index (χ0v) is 44.5. The molecule has 0 spiro atoms. The number of unbranched alkanes of at least 4 members (excludes halogenated alkanes) is 30. The molecule has 0 heterocycles. The Kier molecular flexibility index (Phi) is 34.1. The third-order valence-corrected chi connectivity index (χ3v) is 15.4. The Bertz CT molecular complexity index is 1890. The van der Waals surface area contributed by atoms with Gasteiger partial charge in [-0.1, -0.05) is 251 Å². The minimum atomic E-state index is -4.22. The Balaban J connectivity index is 0.000000454. The summed E-state index contributed by atoms with van der Waals surface area (Å²) in [6.07, 6.45) is 46.6. The second-order valence-electron chi connectivity index (χ2n) is 19.6. The van der Waals surface area contributed by atoms with Crippen LogP contribution < -0.4 is 0 Å². The lowest BCUT2D eigenvalue weighted by Gasteiger charge is -2.11. The topological polar surface area (TPSA) is 109 Å². The van der Waals surface area contributed by atoms with Gasteiger partial charge >= 0.3 is 0 Å². The molecule has 0 aliphatic rings. The van der Waals surface area contributed by atoms with E-state index in [1.54, 1.807) is 12.1 Å². The van der Waals surface area contributed by atoms with Gasteiger partial charge in [-0.05, 0) is 103 Å². The van der Waals surface area contributed by atoms with Gasteiger partial charge in [-0.2, -0.15) is 16.8 Å². The number of benzene rings is 3. The molecule has 0 radical (unpaired) electrons. The molecule has 0 atom stereocenters. The second-order valence-corrected chi connectivity index (χ2v) is 22.4. The van der Waals surface area contributed by atoms with Crippen molar-refractivity contribution in [2.45, 2.75) is 281 Å². The highest BCUT2D eigenvalue weighted by Crippen LogP contribution is 2.28. The predicted molar refractivity (Wildman–Crippen MR) is 285 cm³/mol. The summed E-state index contributed by atoms with van der Waals surface area (Å²) < 4.78 is 67.3. The lowest BCUT2D eigenvalue weighted by molar-refractivity contribution is 0.479. The lowest BCUT2D eigenvalue weighted by Crippen LogP contribution is -2.04. The molecule has 3 rings (SSSR count). The van der Waals surface area contributed by atoms with E-state index in [2.05, 4.69) is 45.9 Å². The highest BCUT2D eigenvalue weighted by atomic mass is 32.2. The van der Waals surface area contributed by atoms with Crippen molar-refractivity contribution in [1.29, 1.82) is 0 Å². The minimum Gasteiger partial charge on any atom is -0.282 e. The molecule has 378 valence electrons. The van der Waals surface area contributed by atoms with E-state index in [-0.39, 0.29) is 9.79 Å². The first-order valence-corrected chi connectivity index (χ1v) is 30.4. The molecule has 3 aromatic carbocycles. The van der Waals surface area contributed by atoms with Crippen LogP contribution >= 0.6 is 0 Å². The molecule has 0 aliphatic heterocycles. The molecule has 0 amide bonds. The van der Waals surface area contributed by atoms with E-state index in [1.165, 1.54) is 197 Å². The van der Waals surface area contributed by atoms with Crippen LogP contribution in [0.3, 0.4) is 0 Å². The summed E-state index contributed by atoms with van der Waals surface area (Å²) in [7, 11) is -8.38. The molecule has 0 bridgehead atoms. The first kappa shape index (κ1) is 59.9. The summed E-state index contributed by atoms with van der Waals surface area (Å²) in [5.74, 6) is 0. The van der Waals surface area contributed by atoms with Crippen molar-refractivity contribution in [2.75, 3.05) is 0 Å². The largest absolute Gasteiger partial charge is 0.294 e. The minimum absolute atomic E-state index is 0.0871. The summed E-state index contributed by atoms with van der Waals surface area (Å²) in [6.45, 7) is 8.97. The average Bonchev–Trinajstić information content (AvgIpc) is 3.29. The van der Waals surface area contributed by atoms with Crippen LogP contribution in [0.25, 0.3) is 10.8 Å². The monoisotopic (exact) mass is 955 g/mol. The Morgan fingerprint density at radius 1 is 0.303 bits per heavy atom. The summed E-state index contributed by atoms with van der Waals surface area (Å²) >= 11 is 0. The molecule has 0 fully saturated rings. The Labute approximate surface area is 407 Å². The van der Waals surface area contributed by atoms with Gasteiger partial charge < -0.3 is 0 Å². The van der Waals surface area contributed by atoms with Crippen molar-refractivity contribution in [3.8, 4) is 0 Å². The Hall–Kier alpha value is -2.26. The third kappa shape index (κ3) is 28.3. The number of hydrogen-bond acceptors (Lipinski definition) is 4. The fourth-order valence-electron chi connectivity index (χ4n) is 9.38. The first-order valence-electron chi connectivity index (χ1n) is 27.6. The molecule has 0 saturated carbocycles. The number of aryl methyl sites for hydroxylation is 4. The zero-order valence-electron chi connectivity index (χ0n) is 42.8. The van der Waals surface area contributed by atoms with E-state index in [9.17, 15) is 25.9 Å². The van der Waals surface area contributed by atoms with Gasteiger partial charge in [0.25, 0.3) is 20.2 Å². The van der Waals surface area contributed by atoms with Crippen LogP contribution in [0.4, 0.5) is 0 Å². The molecular weight excluding hydrogens is 857 g/mol. The molecule has 8 heteroatoms. The van der Waals surface area contributed by atoms with Crippen LogP contribution in [-0.2, 0) is 45.9 Å². The predicted octanol–water partition coefficient (Wildman–Crippen LogP) is 18.5. The fourth-order valence-corrected chi connectivity index (χ4v) is 10.9. The molecule has 0 aliphatic carbocycles. The van der Waals surface area contributed by atoms with E-state index >= 15 is 0 Å². The van der Waals surface area contributed by atoms with Gasteiger partial charge in [0.15, 0.2) is 0 Å². The molecule has 3 aromatic rings. The molecule has 66 heavy (non-hydrogen) atoms. The first-order chi connectivity index (χ1) is 31.9. The second kappa shape index (κ2) is 37.6. The summed E-state index contributed by atoms with van der Waals surface area (Å²) in [4.78, 5) is 0.194. The fraction of sp³-hybridized carbons (Fsp3) is 0.724. The molecule has 0 saturated heterocycles. The number of rotatable bonds is 40. The lowest BCUT2D eigenvalue weighted by atomic mass is 9.98. The van der Waals surface area contributed by atoms with E-state index in [0.29, 0.717) is 6.42 Å². The molecular formula is C58H98O6S2. The number of fused-ring (bicyclic) bond motifs is 1. The van der Waals surface area contributed by atoms with Crippen LogP contribution in [0.2, 0.25) is 0 Å². The number of hydrogen-bond donors (Lipinski definition) is 2. The van der Waals surface area contributed by atoms with Crippen LogP contribution in [0, 0.1) is 0 Å². The van der Waals surface area contributed by atoms with Crippen molar-refractivity contribution in [3.05, 3.63) is 70.8 Å². The van der Waals surface area contributed by atoms with Crippen molar-refractivity contribution < 1.29 is 25.9 Å². The van der Waals surface area contributed by atoms with Gasteiger partial charge in [0, 0.05) is 0 Å². The standard InChI is InChI=1S/C30H54O3S.C28H44O3S/c1-3-5-7-9-11-13-15-17-19-21-23-28-25-26-30(34(31,32)33)29(27-28)24-22-20-18-16-14-12-10-8-6-4-2;1-3-5-7-9-11-13-15-17-24-19-20-25-22-26(18-16-14-12-10-8-6-4-2)28(32(29,30)31)23-27(25)21-24/h25-27H,3-24H2,1-2H3,(H,31,32,33);19-23H,3-18H2,1-2H3,(H,29,30,31). The van der Waals surface area contributed by atoms with Crippen molar-refractivity contribution in [3.63, 3.8) is 0 Å². The van der Waals surface area contributed by atoms with Gasteiger partial charge in [0.2, 0.25) is 0 Å². The summed E-state index contributed by atoms with van der Waals surface area (Å²) in [6, 6.07) is 15.6. The molecule has 6 nitrogen and oxygen atoms in total. The maximum atomic E-state index is 12.1. The summed E-state index contributed by atoms with van der Waals surface area (Å²) in [5, 5.41) is 1.96. The van der Waals surface area contributed by atoms with Crippen molar-refractivity contribution in [1.82, 2.24) is 0 Å². The van der Waals surface area contributed by atoms with Crippen molar-refractivity contribution >= 4 is 31.0 Å². The average molecular weight is 956 g/mol. The molecule has 0 unspecified atom stereocenters. The smallest absolute Gasteiger partial charge is 0.282 e. The van der Waals surface area contributed by atoms with Gasteiger partial charge in [-0.3, -0.25) is 9.11 Å².